The van der Waals surface area contributed by atoms with Gasteiger partial charge in [-0.1, -0.05) is 23.8 Å². The fourth-order valence-corrected chi connectivity index (χ4v) is 2.04. The zero-order valence-corrected chi connectivity index (χ0v) is 11.9. The predicted molar refractivity (Wildman–Crippen MR) is 74.8 cm³/mol. The molecule has 1 aromatic carbocycles. The Hall–Kier alpha value is -0.835. The zero-order valence-electron chi connectivity index (χ0n) is 11.9. The Kier molecular flexibility index (Phi) is 3.30. The van der Waals surface area contributed by atoms with Crippen LogP contribution in [0.4, 0.5) is 0 Å². The number of rotatable bonds is 2. The summed E-state index contributed by atoms with van der Waals surface area (Å²) in [5, 5.41) is 0. The van der Waals surface area contributed by atoms with Crippen molar-refractivity contribution >= 4 is 12.6 Å². The van der Waals surface area contributed by atoms with Crippen LogP contribution >= 0.6 is 0 Å². The van der Waals surface area contributed by atoms with Crippen LogP contribution in [0.25, 0.3) is 0 Å². The van der Waals surface area contributed by atoms with E-state index < -0.39 is 0 Å². The highest BCUT2D eigenvalue weighted by Gasteiger charge is 2.52. The van der Waals surface area contributed by atoms with E-state index in [2.05, 4.69) is 46.8 Å². The summed E-state index contributed by atoms with van der Waals surface area (Å²) in [5.74, 6) is 0. The molecule has 98 valence electrons. The van der Waals surface area contributed by atoms with Crippen molar-refractivity contribution in [2.24, 2.45) is 5.73 Å². The van der Waals surface area contributed by atoms with Crippen molar-refractivity contribution < 1.29 is 9.31 Å². The van der Waals surface area contributed by atoms with Crippen LogP contribution in [0.3, 0.4) is 0 Å². The lowest BCUT2D eigenvalue weighted by atomic mass is 9.75. The van der Waals surface area contributed by atoms with Gasteiger partial charge in [0.2, 0.25) is 0 Å². The minimum Gasteiger partial charge on any atom is -0.399 e. The average Bonchev–Trinajstić information content (AvgIpc) is 2.48. The fraction of sp³-hybridized carbons (Fsp3) is 0.571. The number of hydrogen-bond acceptors (Lipinski definition) is 3. The van der Waals surface area contributed by atoms with Gasteiger partial charge in [-0.15, -0.1) is 0 Å². The lowest BCUT2D eigenvalue weighted by Gasteiger charge is -2.32. The Labute approximate surface area is 110 Å². The molecule has 0 radical (unpaired) electrons. The summed E-state index contributed by atoms with van der Waals surface area (Å²) < 4.78 is 12.1. The highest BCUT2D eigenvalue weighted by molar-refractivity contribution is 6.62. The van der Waals surface area contributed by atoms with Crippen molar-refractivity contribution in [3.63, 3.8) is 0 Å². The standard InChI is InChI=1S/C14H22BNO2/c1-10-6-7-11(9-16)8-12(10)15-17-13(2,3)14(4,5)18-15/h6-8H,9,16H2,1-5H3. The van der Waals surface area contributed by atoms with Crippen molar-refractivity contribution in [1.82, 2.24) is 0 Å². The van der Waals surface area contributed by atoms with Crippen LogP contribution in [0.2, 0.25) is 0 Å². The molecule has 2 N–H and O–H groups in total. The molecule has 3 nitrogen and oxygen atoms in total. The lowest BCUT2D eigenvalue weighted by Crippen LogP contribution is -2.41. The minimum atomic E-state index is -0.304. The zero-order chi connectivity index (χ0) is 13.6. The maximum Gasteiger partial charge on any atom is 0.495 e. The molecule has 0 bridgehead atoms. The van der Waals surface area contributed by atoms with E-state index in [0.29, 0.717) is 6.54 Å². The van der Waals surface area contributed by atoms with Crippen LogP contribution in [0.15, 0.2) is 18.2 Å². The van der Waals surface area contributed by atoms with Gasteiger partial charge in [0.05, 0.1) is 11.2 Å². The van der Waals surface area contributed by atoms with E-state index in [4.69, 9.17) is 15.0 Å². The third-order valence-electron chi connectivity index (χ3n) is 4.09. The van der Waals surface area contributed by atoms with Gasteiger partial charge in [0.25, 0.3) is 0 Å². The highest BCUT2D eigenvalue weighted by atomic mass is 16.7. The first-order valence-electron chi connectivity index (χ1n) is 6.42. The molecule has 0 atom stereocenters. The summed E-state index contributed by atoms with van der Waals surface area (Å²) in [6.07, 6.45) is 0. The summed E-state index contributed by atoms with van der Waals surface area (Å²) >= 11 is 0. The van der Waals surface area contributed by atoms with Crippen molar-refractivity contribution in [1.29, 1.82) is 0 Å². The van der Waals surface area contributed by atoms with Gasteiger partial charge in [0, 0.05) is 6.54 Å². The molecule has 0 aromatic heterocycles. The molecule has 0 spiro atoms. The maximum atomic E-state index is 6.07. The van der Waals surface area contributed by atoms with E-state index in [1.54, 1.807) is 0 Å². The quantitative estimate of drug-likeness (QED) is 0.810. The van der Waals surface area contributed by atoms with E-state index >= 15 is 0 Å². The van der Waals surface area contributed by atoms with E-state index in [1.807, 2.05) is 6.07 Å². The molecule has 0 aliphatic carbocycles. The van der Waals surface area contributed by atoms with Gasteiger partial charge in [-0.3, -0.25) is 0 Å². The highest BCUT2D eigenvalue weighted by Crippen LogP contribution is 2.36. The molecule has 1 fully saturated rings. The molecule has 18 heavy (non-hydrogen) atoms. The first-order valence-corrected chi connectivity index (χ1v) is 6.42. The van der Waals surface area contributed by atoms with Crippen molar-refractivity contribution in [2.45, 2.75) is 52.4 Å². The van der Waals surface area contributed by atoms with Crippen molar-refractivity contribution in [3.8, 4) is 0 Å². The molecule has 0 unspecified atom stereocenters. The Morgan fingerprint density at radius 1 is 1.11 bits per heavy atom. The molecule has 0 amide bonds. The van der Waals surface area contributed by atoms with Crippen LogP contribution in [-0.2, 0) is 15.9 Å². The van der Waals surface area contributed by atoms with E-state index in [9.17, 15) is 0 Å². The van der Waals surface area contributed by atoms with Crippen molar-refractivity contribution in [2.75, 3.05) is 0 Å². The summed E-state index contributed by atoms with van der Waals surface area (Å²) in [7, 11) is -0.304. The SMILES string of the molecule is Cc1ccc(CN)cc1B1OC(C)(C)C(C)(C)O1. The van der Waals surface area contributed by atoms with Gasteiger partial charge in [0.1, 0.15) is 0 Å². The fourth-order valence-electron chi connectivity index (χ4n) is 2.04. The van der Waals surface area contributed by atoms with Crippen LogP contribution in [0.1, 0.15) is 38.8 Å². The number of nitrogens with two attached hydrogens (primary N) is 1. The van der Waals surface area contributed by atoms with E-state index in [-0.39, 0.29) is 18.3 Å². The van der Waals surface area contributed by atoms with Gasteiger partial charge in [-0.2, -0.15) is 0 Å². The predicted octanol–water partition coefficient (Wildman–Crippen LogP) is 1.75. The monoisotopic (exact) mass is 247 g/mol. The number of hydrogen-bond donors (Lipinski definition) is 1. The smallest absolute Gasteiger partial charge is 0.399 e. The van der Waals surface area contributed by atoms with Gasteiger partial charge >= 0.3 is 7.12 Å². The molecule has 4 heteroatoms. The van der Waals surface area contributed by atoms with Crippen LogP contribution < -0.4 is 11.2 Å². The summed E-state index contributed by atoms with van der Waals surface area (Å²) in [6, 6.07) is 6.20. The van der Waals surface area contributed by atoms with E-state index in [1.165, 1.54) is 5.56 Å². The molecular weight excluding hydrogens is 225 g/mol. The maximum absolute atomic E-state index is 6.07. The Morgan fingerprint density at radius 3 is 2.17 bits per heavy atom. The third kappa shape index (κ3) is 2.20. The lowest BCUT2D eigenvalue weighted by molar-refractivity contribution is 0.00578. The largest absolute Gasteiger partial charge is 0.495 e. The van der Waals surface area contributed by atoms with Gasteiger partial charge in [-0.25, -0.2) is 0 Å². The summed E-state index contributed by atoms with van der Waals surface area (Å²) in [5.41, 5.74) is 8.44. The molecule has 2 rings (SSSR count). The third-order valence-corrected chi connectivity index (χ3v) is 4.09. The Bertz CT molecular complexity index is 441. The topological polar surface area (TPSA) is 44.5 Å². The normalized spacial score (nSPS) is 21.3. The van der Waals surface area contributed by atoms with Gasteiger partial charge in [0.15, 0.2) is 0 Å². The van der Waals surface area contributed by atoms with Crippen LogP contribution in [0, 0.1) is 6.92 Å². The molecule has 1 heterocycles. The number of aryl methyl sites for hydroxylation is 1. The van der Waals surface area contributed by atoms with Crippen molar-refractivity contribution in [3.05, 3.63) is 29.3 Å². The molecule has 1 saturated heterocycles. The summed E-state index contributed by atoms with van der Waals surface area (Å²) in [4.78, 5) is 0. The van der Waals surface area contributed by atoms with Crippen LogP contribution in [0.5, 0.6) is 0 Å². The average molecular weight is 247 g/mol. The first kappa shape index (κ1) is 13.6. The Morgan fingerprint density at radius 2 is 1.67 bits per heavy atom. The summed E-state index contributed by atoms with van der Waals surface area (Å²) in [6.45, 7) is 10.9. The second-order valence-electron chi connectivity index (χ2n) is 5.98. The first-order chi connectivity index (χ1) is 8.27. The molecule has 1 aromatic rings. The second-order valence-corrected chi connectivity index (χ2v) is 5.98. The van der Waals surface area contributed by atoms with Gasteiger partial charge in [-0.05, 0) is 45.6 Å². The number of benzene rings is 1. The molecular formula is C14H22BNO2. The van der Waals surface area contributed by atoms with Crippen LogP contribution in [-0.4, -0.2) is 18.3 Å². The minimum absolute atomic E-state index is 0.303. The second kappa shape index (κ2) is 4.37. The molecule has 1 aliphatic heterocycles. The van der Waals surface area contributed by atoms with E-state index in [0.717, 1.165) is 11.0 Å². The van der Waals surface area contributed by atoms with Gasteiger partial charge < -0.3 is 15.0 Å². The molecule has 0 saturated carbocycles. The molecule has 1 aliphatic rings. The Balaban J connectivity index is 2.34.